The van der Waals surface area contributed by atoms with Crippen LogP contribution in [-0.2, 0) is 0 Å². The Kier molecular flexibility index (Phi) is 4.90. The molecule has 1 aliphatic heterocycles. The molecular weight excluding hydrogens is 401 g/mol. The van der Waals surface area contributed by atoms with Gasteiger partial charge >= 0.3 is 0 Å². The van der Waals surface area contributed by atoms with Gasteiger partial charge in [-0.2, -0.15) is 5.10 Å². The van der Waals surface area contributed by atoms with Crippen molar-refractivity contribution in [1.29, 1.82) is 0 Å². The van der Waals surface area contributed by atoms with Gasteiger partial charge in [0, 0.05) is 42.8 Å². The Morgan fingerprint density at radius 1 is 0.774 bits per heavy atom. The van der Waals surface area contributed by atoms with Gasteiger partial charge in [0.25, 0.3) is 0 Å². The Balaban J connectivity index is 1.56. The molecule has 0 saturated carbocycles. The average molecular weight is 422 g/mol. The van der Waals surface area contributed by atoms with E-state index in [-0.39, 0.29) is 5.69 Å². The maximum atomic E-state index is 14.5. The summed E-state index contributed by atoms with van der Waals surface area (Å²) in [5.41, 5.74) is 3.16. The number of aromatic nitrogens is 2. The SMILES string of the molecule is CN1CCN(c2ccc(-c3nn(-c4ccc(F)c(F)c4F)c4ccccc34)cc2)CC1. The summed E-state index contributed by atoms with van der Waals surface area (Å²) in [5, 5.41) is 5.39. The number of nitrogens with zero attached hydrogens (tertiary/aromatic N) is 4. The number of hydrogen-bond acceptors (Lipinski definition) is 3. The van der Waals surface area contributed by atoms with Crippen molar-refractivity contribution in [1.82, 2.24) is 14.7 Å². The number of hydrogen-bond donors (Lipinski definition) is 0. The Morgan fingerprint density at radius 2 is 1.48 bits per heavy atom. The van der Waals surface area contributed by atoms with E-state index < -0.39 is 17.5 Å². The predicted molar refractivity (Wildman–Crippen MR) is 116 cm³/mol. The fourth-order valence-electron chi connectivity index (χ4n) is 4.04. The molecule has 0 radical (unpaired) electrons. The second-order valence-electron chi connectivity index (χ2n) is 7.81. The van der Waals surface area contributed by atoms with Crippen LogP contribution in [0.5, 0.6) is 0 Å². The molecule has 0 atom stereocenters. The molecular formula is C24H21F3N4. The lowest BCUT2D eigenvalue weighted by atomic mass is 10.1. The second kappa shape index (κ2) is 7.74. The van der Waals surface area contributed by atoms with Crippen LogP contribution in [0.1, 0.15) is 0 Å². The fourth-order valence-corrected chi connectivity index (χ4v) is 4.04. The van der Waals surface area contributed by atoms with Crippen LogP contribution in [0.25, 0.3) is 27.8 Å². The summed E-state index contributed by atoms with van der Waals surface area (Å²) in [5.74, 6) is -3.99. The fraction of sp³-hybridized carbons (Fsp3) is 0.208. The lowest BCUT2D eigenvalue weighted by Gasteiger charge is -2.34. The standard InChI is InChI=1S/C24H21F3N4/c1-29-12-14-30(15-13-29)17-8-6-16(7-9-17)24-18-4-2-3-5-20(18)31(28-24)21-11-10-19(25)22(26)23(21)27/h2-11H,12-15H2,1H3. The van der Waals surface area contributed by atoms with Crippen LogP contribution in [0.2, 0.25) is 0 Å². The summed E-state index contributed by atoms with van der Waals surface area (Å²) in [4.78, 5) is 4.65. The number of anilines is 1. The topological polar surface area (TPSA) is 24.3 Å². The zero-order chi connectivity index (χ0) is 21.5. The van der Waals surface area contributed by atoms with Gasteiger partial charge in [0.1, 0.15) is 11.4 Å². The van der Waals surface area contributed by atoms with Gasteiger partial charge in [0.15, 0.2) is 17.5 Å². The van der Waals surface area contributed by atoms with E-state index in [0.717, 1.165) is 48.9 Å². The van der Waals surface area contributed by atoms with E-state index in [1.807, 2.05) is 24.3 Å². The largest absolute Gasteiger partial charge is 0.369 e. The molecule has 1 aliphatic rings. The highest BCUT2D eigenvalue weighted by atomic mass is 19.2. The molecule has 158 valence electrons. The van der Waals surface area contributed by atoms with Crippen molar-refractivity contribution < 1.29 is 13.2 Å². The Hall–Kier alpha value is -3.32. The molecule has 1 fully saturated rings. The summed E-state index contributed by atoms with van der Waals surface area (Å²) in [6.45, 7) is 4.00. The lowest BCUT2D eigenvalue weighted by molar-refractivity contribution is 0.313. The lowest BCUT2D eigenvalue weighted by Crippen LogP contribution is -2.44. The van der Waals surface area contributed by atoms with Crippen molar-refractivity contribution >= 4 is 16.6 Å². The minimum absolute atomic E-state index is 0.129. The van der Waals surface area contributed by atoms with Crippen molar-refractivity contribution in [2.75, 3.05) is 38.1 Å². The van der Waals surface area contributed by atoms with Crippen molar-refractivity contribution in [2.24, 2.45) is 0 Å². The van der Waals surface area contributed by atoms with Crippen LogP contribution in [-0.4, -0.2) is 47.9 Å². The van der Waals surface area contributed by atoms with E-state index in [1.165, 1.54) is 10.7 Å². The number of benzene rings is 3. The molecule has 5 rings (SSSR count). The minimum atomic E-state index is -1.50. The summed E-state index contributed by atoms with van der Waals surface area (Å²) >= 11 is 0. The van der Waals surface area contributed by atoms with Gasteiger partial charge in [0.2, 0.25) is 0 Å². The quantitative estimate of drug-likeness (QED) is 0.441. The van der Waals surface area contributed by atoms with Crippen LogP contribution in [0.4, 0.5) is 18.9 Å². The maximum Gasteiger partial charge on any atom is 0.196 e. The average Bonchev–Trinajstić information content (AvgIpc) is 3.18. The van der Waals surface area contributed by atoms with Crippen molar-refractivity contribution in [3.05, 3.63) is 78.1 Å². The first-order chi connectivity index (χ1) is 15.0. The summed E-state index contributed by atoms with van der Waals surface area (Å²) < 4.78 is 43.1. The third-order valence-electron chi connectivity index (χ3n) is 5.84. The number of fused-ring (bicyclic) bond motifs is 1. The molecule has 4 aromatic rings. The zero-order valence-electron chi connectivity index (χ0n) is 17.0. The van der Waals surface area contributed by atoms with Gasteiger partial charge in [-0.15, -0.1) is 0 Å². The number of rotatable bonds is 3. The first-order valence-electron chi connectivity index (χ1n) is 10.2. The summed E-state index contributed by atoms with van der Waals surface area (Å²) in [6.07, 6.45) is 0. The van der Waals surface area contributed by atoms with Gasteiger partial charge in [-0.25, -0.2) is 17.9 Å². The number of halogens is 3. The van der Waals surface area contributed by atoms with E-state index in [1.54, 1.807) is 12.1 Å². The smallest absolute Gasteiger partial charge is 0.196 e. The van der Waals surface area contributed by atoms with Crippen LogP contribution < -0.4 is 4.90 Å². The normalized spacial score (nSPS) is 15.0. The van der Waals surface area contributed by atoms with Crippen LogP contribution >= 0.6 is 0 Å². The number of para-hydroxylation sites is 1. The number of piperazine rings is 1. The molecule has 1 saturated heterocycles. The van der Waals surface area contributed by atoms with Gasteiger partial charge in [0.05, 0.1) is 5.52 Å². The zero-order valence-corrected chi connectivity index (χ0v) is 17.0. The molecule has 0 bridgehead atoms. The predicted octanol–water partition coefficient (Wildman–Crippen LogP) is 4.86. The third-order valence-corrected chi connectivity index (χ3v) is 5.84. The first-order valence-corrected chi connectivity index (χ1v) is 10.2. The molecule has 0 unspecified atom stereocenters. The maximum absolute atomic E-state index is 14.5. The molecule has 3 aromatic carbocycles. The van der Waals surface area contributed by atoms with Gasteiger partial charge in [-0.3, -0.25) is 0 Å². The molecule has 7 heteroatoms. The minimum Gasteiger partial charge on any atom is -0.369 e. The molecule has 31 heavy (non-hydrogen) atoms. The molecule has 0 N–H and O–H groups in total. The highest BCUT2D eigenvalue weighted by Crippen LogP contribution is 2.32. The third kappa shape index (κ3) is 3.45. The van der Waals surface area contributed by atoms with Crippen molar-refractivity contribution in [3.8, 4) is 16.9 Å². The molecule has 2 heterocycles. The molecule has 0 aliphatic carbocycles. The monoisotopic (exact) mass is 422 g/mol. The van der Waals surface area contributed by atoms with E-state index >= 15 is 0 Å². The molecule has 1 aromatic heterocycles. The van der Waals surface area contributed by atoms with E-state index in [4.69, 9.17) is 0 Å². The highest BCUT2D eigenvalue weighted by Gasteiger charge is 2.20. The van der Waals surface area contributed by atoms with E-state index in [2.05, 4.69) is 34.1 Å². The number of likely N-dealkylation sites (N-methyl/N-ethyl adjacent to an activating group) is 1. The van der Waals surface area contributed by atoms with E-state index in [0.29, 0.717) is 11.2 Å². The van der Waals surface area contributed by atoms with E-state index in [9.17, 15) is 13.2 Å². The Labute approximate surface area is 178 Å². The van der Waals surface area contributed by atoms with Crippen LogP contribution in [0.15, 0.2) is 60.7 Å². The Morgan fingerprint density at radius 3 is 2.23 bits per heavy atom. The molecule has 4 nitrogen and oxygen atoms in total. The summed E-state index contributed by atoms with van der Waals surface area (Å²) in [7, 11) is 2.12. The first kappa shape index (κ1) is 19.6. The van der Waals surface area contributed by atoms with Gasteiger partial charge in [-0.1, -0.05) is 30.3 Å². The van der Waals surface area contributed by atoms with Crippen molar-refractivity contribution in [3.63, 3.8) is 0 Å². The Bertz CT molecular complexity index is 1240. The van der Waals surface area contributed by atoms with Crippen molar-refractivity contribution in [2.45, 2.75) is 0 Å². The molecule has 0 amide bonds. The summed E-state index contributed by atoms with van der Waals surface area (Å²) in [6, 6.07) is 17.6. The van der Waals surface area contributed by atoms with Gasteiger partial charge < -0.3 is 9.80 Å². The van der Waals surface area contributed by atoms with Crippen LogP contribution in [0.3, 0.4) is 0 Å². The highest BCUT2D eigenvalue weighted by molar-refractivity contribution is 5.94. The second-order valence-corrected chi connectivity index (χ2v) is 7.81. The van der Waals surface area contributed by atoms with Crippen LogP contribution in [0, 0.1) is 17.5 Å². The van der Waals surface area contributed by atoms with Gasteiger partial charge in [-0.05, 0) is 37.4 Å². The molecule has 0 spiro atoms.